The minimum absolute atomic E-state index is 0.551. The van der Waals surface area contributed by atoms with Gasteiger partial charge in [0.1, 0.15) is 12.2 Å². The van der Waals surface area contributed by atoms with Gasteiger partial charge < -0.3 is 10.3 Å². The molecule has 0 atom stereocenters. The summed E-state index contributed by atoms with van der Waals surface area (Å²) in [4.78, 5) is 4.28. The number of hydrogen-bond acceptors (Lipinski definition) is 3. The molecule has 2 aromatic heterocycles. The maximum Gasteiger partial charge on any atom is 0.146 e. The van der Waals surface area contributed by atoms with Crippen molar-refractivity contribution >= 4 is 0 Å². The van der Waals surface area contributed by atoms with Gasteiger partial charge in [-0.05, 0) is 18.6 Å². The number of aryl methyl sites for hydroxylation is 1. The fourth-order valence-corrected chi connectivity index (χ4v) is 1.75. The Labute approximate surface area is 94.9 Å². The van der Waals surface area contributed by atoms with E-state index in [1.807, 2.05) is 23.0 Å². The third-order valence-corrected chi connectivity index (χ3v) is 2.58. The lowest BCUT2D eigenvalue weighted by molar-refractivity contribution is 0.550. The molecule has 2 rings (SSSR count). The van der Waals surface area contributed by atoms with Gasteiger partial charge in [-0.3, -0.25) is 0 Å². The molecule has 0 spiro atoms. The molecule has 2 aromatic rings. The summed E-state index contributed by atoms with van der Waals surface area (Å²) >= 11 is 0. The average molecular weight is 219 g/mol. The van der Waals surface area contributed by atoms with E-state index in [4.69, 9.17) is 5.73 Å². The second-order valence-electron chi connectivity index (χ2n) is 3.73. The van der Waals surface area contributed by atoms with E-state index >= 15 is 0 Å². The van der Waals surface area contributed by atoms with Crippen molar-refractivity contribution in [3.8, 4) is 0 Å². The SMILES string of the molecule is CCCn1ncnc1Cn1cccc1CN. The summed E-state index contributed by atoms with van der Waals surface area (Å²) in [6.07, 6.45) is 4.69. The lowest BCUT2D eigenvalue weighted by Crippen LogP contribution is -2.12. The molecule has 86 valence electrons. The molecule has 0 radical (unpaired) electrons. The van der Waals surface area contributed by atoms with Gasteiger partial charge in [0, 0.05) is 25.0 Å². The Balaban J connectivity index is 2.17. The second kappa shape index (κ2) is 4.94. The van der Waals surface area contributed by atoms with E-state index in [0.717, 1.165) is 31.0 Å². The van der Waals surface area contributed by atoms with Crippen LogP contribution in [0.1, 0.15) is 24.9 Å². The Morgan fingerprint density at radius 2 is 2.31 bits per heavy atom. The first-order valence-electron chi connectivity index (χ1n) is 5.56. The van der Waals surface area contributed by atoms with Crippen LogP contribution < -0.4 is 5.73 Å². The fraction of sp³-hybridized carbons (Fsp3) is 0.455. The Morgan fingerprint density at radius 3 is 3.06 bits per heavy atom. The number of hydrogen-bond donors (Lipinski definition) is 1. The molecule has 2 heterocycles. The van der Waals surface area contributed by atoms with Crippen LogP contribution in [0.25, 0.3) is 0 Å². The highest BCUT2D eigenvalue weighted by molar-refractivity contribution is 5.08. The Morgan fingerprint density at radius 1 is 1.44 bits per heavy atom. The number of aromatic nitrogens is 4. The first-order chi connectivity index (χ1) is 7.85. The molecule has 16 heavy (non-hydrogen) atoms. The van der Waals surface area contributed by atoms with Crippen molar-refractivity contribution in [1.29, 1.82) is 0 Å². The minimum atomic E-state index is 0.551. The van der Waals surface area contributed by atoms with Gasteiger partial charge in [-0.1, -0.05) is 6.92 Å². The van der Waals surface area contributed by atoms with Crippen LogP contribution in [0.15, 0.2) is 24.7 Å². The molecule has 0 aliphatic heterocycles. The van der Waals surface area contributed by atoms with E-state index in [-0.39, 0.29) is 0 Å². The summed E-state index contributed by atoms with van der Waals surface area (Å²) in [6, 6.07) is 4.03. The molecule has 0 saturated carbocycles. The molecule has 5 heteroatoms. The topological polar surface area (TPSA) is 61.7 Å². The van der Waals surface area contributed by atoms with Gasteiger partial charge in [-0.25, -0.2) is 9.67 Å². The molecule has 0 aromatic carbocycles. The van der Waals surface area contributed by atoms with E-state index in [2.05, 4.69) is 21.6 Å². The molecule has 0 aliphatic rings. The van der Waals surface area contributed by atoms with Gasteiger partial charge in [0.05, 0.1) is 6.54 Å². The fourth-order valence-electron chi connectivity index (χ4n) is 1.75. The van der Waals surface area contributed by atoms with Crippen molar-refractivity contribution in [3.63, 3.8) is 0 Å². The van der Waals surface area contributed by atoms with Gasteiger partial charge in [-0.2, -0.15) is 5.10 Å². The zero-order valence-electron chi connectivity index (χ0n) is 9.50. The molecule has 0 bridgehead atoms. The first kappa shape index (κ1) is 10.9. The van der Waals surface area contributed by atoms with Crippen LogP contribution in [-0.4, -0.2) is 19.3 Å². The smallest absolute Gasteiger partial charge is 0.146 e. The van der Waals surface area contributed by atoms with Gasteiger partial charge in [0.25, 0.3) is 0 Å². The Hall–Kier alpha value is -1.62. The van der Waals surface area contributed by atoms with Gasteiger partial charge in [0.2, 0.25) is 0 Å². The van der Waals surface area contributed by atoms with Crippen molar-refractivity contribution in [2.24, 2.45) is 5.73 Å². The summed E-state index contributed by atoms with van der Waals surface area (Å²) in [6.45, 7) is 4.33. The van der Waals surface area contributed by atoms with Crippen molar-refractivity contribution in [2.75, 3.05) is 0 Å². The van der Waals surface area contributed by atoms with E-state index in [0.29, 0.717) is 6.54 Å². The van der Waals surface area contributed by atoms with Crippen molar-refractivity contribution < 1.29 is 0 Å². The minimum Gasteiger partial charge on any atom is -0.343 e. The third kappa shape index (κ3) is 2.14. The summed E-state index contributed by atoms with van der Waals surface area (Å²) in [5.74, 6) is 0.979. The molecule has 2 N–H and O–H groups in total. The van der Waals surface area contributed by atoms with Crippen molar-refractivity contribution in [1.82, 2.24) is 19.3 Å². The maximum atomic E-state index is 5.66. The number of nitrogens with two attached hydrogens (primary N) is 1. The summed E-state index contributed by atoms with van der Waals surface area (Å²) < 4.78 is 4.05. The van der Waals surface area contributed by atoms with E-state index in [1.165, 1.54) is 0 Å². The zero-order valence-corrected chi connectivity index (χ0v) is 9.50. The van der Waals surface area contributed by atoms with Gasteiger partial charge in [0.15, 0.2) is 0 Å². The predicted molar refractivity (Wildman–Crippen MR) is 61.7 cm³/mol. The molecule has 0 aliphatic carbocycles. The molecule has 0 saturated heterocycles. The van der Waals surface area contributed by atoms with Crippen LogP contribution in [0.5, 0.6) is 0 Å². The van der Waals surface area contributed by atoms with Crippen molar-refractivity contribution in [3.05, 3.63) is 36.2 Å². The quantitative estimate of drug-likeness (QED) is 0.816. The third-order valence-electron chi connectivity index (χ3n) is 2.58. The average Bonchev–Trinajstić information content (AvgIpc) is 2.89. The molecular formula is C11H17N5. The lowest BCUT2D eigenvalue weighted by Gasteiger charge is -2.08. The van der Waals surface area contributed by atoms with Gasteiger partial charge >= 0.3 is 0 Å². The van der Waals surface area contributed by atoms with Crippen LogP contribution in [0, 0.1) is 0 Å². The monoisotopic (exact) mass is 219 g/mol. The Bertz CT molecular complexity index is 443. The highest BCUT2D eigenvalue weighted by Gasteiger charge is 2.06. The van der Waals surface area contributed by atoms with Crippen molar-refractivity contribution in [2.45, 2.75) is 33.0 Å². The molecule has 0 fully saturated rings. The van der Waals surface area contributed by atoms with Crippen LogP contribution in [-0.2, 0) is 19.6 Å². The molecule has 0 amide bonds. The lowest BCUT2D eigenvalue weighted by atomic mass is 10.4. The summed E-state index contributed by atoms with van der Waals surface area (Å²) in [5, 5.41) is 4.20. The van der Waals surface area contributed by atoms with Crippen LogP contribution >= 0.6 is 0 Å². The zero-order chi connectivity index (χ0) is 11.4. The molecule has 0 unspecified atom stereocenters. The predicted octanol–water partition coefficient (Wildman–Crippen LogP) is 0.997. The number of rotatable bonds is 5. The molecular weight excluding hydrogens is 202 g/mol. The number of nitrogens with zero attached hydrogens (tertiary/aromatic N) is 4. The summed E-state index contributed by atoms with van der Waals surface area (Å²) in [7, 11) is 0. The maximum absolute atomic E-state index is 5.66. The second-order valence-corrected chi connectivity index (χ2v) is 3.73. The van der Waals surface area contributed by atoms with E-state index in [9.17, 15) is 0 Å². The largest absolute Gasteiger partial charge is 0.343 e. The normalized spacial score (nSPS) is 10.9. The highest BCUT2D eigenvalue weighted by Crippen LogP contribution is 2.05. The molecule has 5 nitrogen and oxygen atoms in total. The van der Waals surface area contributed by atoms with Crippen LogP contribution in [0.3, 0.4) is 0 Å². The highest BCUT2D eigenvalue weighted by atomic mass is 15.3. The standard InChI is InChI=1S/C11H17N5/c1-2-5-16-11(13-9-14-16)8-15-6-3-4-10(15)7-12/h3-4,6,9H,2,5,7-8,12H2,1H3. The van der Waals surface area contributed by atoms with E-state index in [1.54, 1.807) is 6.33 Å². The summed E-state index contributed by atoms with van der Waals surface area (Å²) in [5.41, 5.74) is 6.77. The van der Waals surface area contributed by atoms with Crippen LogP contribution in [0.4, 0.5) is 0 Å². The van der Waals surface area contributed by atoms with Crippen LogP contribution in [0.2, 0.25) is 0 Å². The van der Waals surface area contributed by atoms with Gasteiger partial charge in [-0.15, -0.1) is 0 Å². The first-order valence-corrected chi connectivity index (χ1v) is 5.56. The van der Waals surface area contributed by atoms with E-state index < -0.39 is 0 Å². The Kier molecular flexibility index (Phi) is 3.36.